The minimum Gasteiger partial charge on any atom is -0.495 e. The fourth-order valence-corrected chi connectivity index (χ4v) is 3.11. The summed E-state index contributed by atoms with van der Waals surface area (Å²) in [6.07, 6.45) is 9.95. The highest BCUT2D eigenvalue weighted by Crippen LogP contribution is 2.33. The molecule has 0 bridgehead atoms. The van der Waals surface area contributed by atoms with Crippen molar-refractivity contribution in [3.05, 3.63) is 24.0 Å². The van der Waals surface area contributed by atoms with Gasteiger partial charge in [-0.1, -0.05) is 19.3 Å². The second-order valence-corrected chi connectivity index (χ2v) is 5.50. The van der Waals surface area contributed by atoms with E-state index in [1.165, 1.54) is 32.1 Å². The number of ether oxygens (including phenoxy) is 2. The van der Waals surface area contributed by atoms with E-state index >= 15 is 0 Å². The summed E-state index contributed by atoms with van der Waals surface area (Å²) in [4.78, 5) is 4.20. The maximum absolute atomic E-state index is 6.46. The number of nitrogens with zero attached hydrogens (tertiary/aromatic N) is 1. The van der Waals surface area contributed by atoms with Crippen LogP contribution in [0.1, 0.15) is 50.6 Å². The molecule has 2 atom stereocenters. The average Bonchev–Trinajstić information content (AvgIpc) is 2.53. The van der Waals surface area contributed by atoms with E-state index in [-0.39, 0.29) is 12.1 Å². The fourth-order valence-electron chi connectivity index (χ4n) is 3.11. The lowest BCUT2D eigenvalue weighted by Crippen LogP contribution is -2.36. The summed E-state index contributed by atoms with van der Waals surface area (Å²) in [5, 5.41) is 0. The van der Waals surface area contributed by atoms with Gasteiger partial charge in [0, 0.05) is 12.8 Å². The largest absolute Gasteiger partial charge is 0.495 e. The highest BCUT2D eigenvalue weighted by molar-refractivity contribution is 5.26. The molecule has 0 aromatic carbocycles. The molecule has 0 aliphatic heterocycles. The van der Waals surface area contributed by atoms with E-state index in [1.807, 2.05) is 19.2 Å². The van der Waals surface area contributed by atoms with Gasteiger partial charge in [0.1, 0.15) is 5.75 Å². The zero-order valence-electron chi connectivity index (χ0n) is 12.5. The summed E-state index contributed by atoms with van der Waals surface area (Å²) in [6, 6.07) is 1.83. The van der Waals surface area contributed by atoms with Crippen LogP contribution < -0.4 is 10.5 Å². The van der Waals surface area contributed by atoms with Crippen molar-refractivity contribution in [3.8, 4) is 5.75 Å². The van der Waals surface area contributed by atoms with E-state index in [0.29, 0.717) is 12.5 Å². The van der Waals surface area contributed by atoms with Crippen molar-refractivity contribution >= 4 is 0 Å². The summed E-state index contributed by atoms with van der Waals surface area (Å²) in [7, 11) is 1.65. The lowest BCUT2D eigenvalue weighted by molar-refractivity contribution is -0.00994. The van der Waals surface area contributed by atoms with Crippen LogP contribution >= 0.6 is 0 Å². The molecule has 20 heavy (non-hydrogen) atoms. The van der Waals surface area contributed by atoms with Gasteiger partial charge in [-0.3, -0.25) is 4.98 Å². The standard InChI is InChI=1S/C16H26N2O2/c1-3-20-16(12-7-5-4-6-8-12)15(17)13-9-14(19-2)11-18-10-13/h9-12,15-16H,3-8,17H2,1-2H3. The number of methoxy groups -OCH3 is 1. The van der Waals surface area contributed by atoms with Crippen LogP contribution in [0.4, 0.5) is 0 Å². The topological polar surface area (TPSA) is 57.4 Å². The third-order valence-electron chi connectivity index (χ3n) is 4.18. The normalized spacial score (nSPS) is 19.6. The molecule has 1 aliphatic rings. The Kier molecular flexibility index (Phi) is 5.80. The molecule has 1 saturated carbocycles. The van der Waals surface area contributed by atoms with Crippen molar-refractivity contribution in [1.82, 2.24) is 4.98 Å². The summed E-state index contributed by atoms with van der Waals surface area (Å²) in [5.74, 6) is 1.31. The third-order valence-corrected chi connectivity index (χ3v) is 4.18. The Morgan fingerprint density at radius 3 is 2.70 bits per heavy atom. The smallest absolute Gasteiger partial charge is 0.137 e. The molecule has 1 fully saturated rings. The van der Waals surface area contributed by atoms with Crippen LogP contribution in [0.3, 0.4) is 0 Å². The minimum absolute atomic E-state index is 0.0780. The van der Waals surface area contributed by atoms with Crippen molar-refractivity contribution in [2.24, 2.45) is 11.7 Å². The summed E-state index contributed by atoms with van der Waals surface area (Å²) in [6.45, 7) is 2.73. The Bertz CT molecular complexity index is 405. The quantitative estimate of drug-likeness (QED) is 0.868. The molecule has 1 aliphatic carbocycles. The van der Waals surface area contributed by atoms with Crippen LogP contribution in [0.2, 0.25) is 0 Å². The molecule has 112 valence electrons. The lowest BCUT2D eigenvalue weighted by atomic mass is 9.81. The van der Waals surface area contributed by atoms with Crippen LogP contribution in [0.25, 0.3) is 0 Å². The highest BCUT2D eigenvalue weighted by Gasteiger charge is 2.30. The molecular weight excluding hydrogens is 252 g/mol. The van der Waals surface area contributed by atoms with Crippen molar-refractivity contribution < 1.29 is 9.47 Å². The molecule has 2 N–H and O–H groups in total. The molecule has 4 heteroatoms. The maximum Gasteiger partial charge on any atom is 0.137 e. The summed E-state index contributed by atoms with van der Waals surface area (Å²) >= 11 is 0. The van der Waals surface area contributed by atoms with Gasteiger partial charge in [0.05, 0.1) is 25.5 Å². The van der Waals surface area contributed by atoms with Gasteiger partial charge >= 0.3 is 0 Å². The van der Waals surface area contributed by atoms with E-state index in [9.17, 15) is 0 Å². The monoisotopic (exact) mass is 278 g/mol. The second-order valence-electron chi connectivity index (χ2n) is 5.50. The Labute approximate surface area is 121 Å². The van der Waals surface area contributed by atoms with E-state index in [2.05, 4.69) is 4.98 Å². The van der Waals surface area contributed by atoms with Crippen molar-refractivity contribution in [2.75, 3.05) is 13.7 Å². The zero-order valence-corrected chi connectivity index (χ0v) is 12.5. The van der Waals surface area contributed by atoms with E-state index in [4.69, 9.17) is 15.2 Å². The SMILES string of the molecule is CCOC(C1CCCCC1)C(N)c1cncc(OC)c1. The first-order valence-electron chi connectivity index (χ1n) is 7.62. The average molecular weight is 278 g/mol. The van der Waals surface area contributed by atoms with Crippen molar-refractivity contribution in [2.45, 2.75) is 51.2 Å². The van der Waals surface area contributed by atoms with E-state index < -0.39 is 0 Å². The molecule has 1 aromatic rings. The number of hydrogen-bond acceptors (Lipinski definition) is 4. The molecule has 1 aromatic heterocycles. The predicted octanol–water partition coefficient (Wildman–Crippen LogP) is 3.08. The summed E-state index contributed by atoms with van der Waals surface area (Å²) < 4.78 is 11.2. The van der Waals surface area contributed by atoms with Gasteiger partial charge in [-0.2, -0.15) is 0 Å². The lowest BCUT2D eigenvalue weighted by Gasteiger charge is -2.34. The Morgan fingerprint density at radius 1 is 1.30 bits per heavy atom. The molecule has 0 spiro atoms. The van der Waals surface area contributed by atoms with Gasteiger partial charge in [-0.25, -0.2) is 0 Å². The number of hydrogen-bond donors (Lipinski definition) is 1. The van der Waals surface area contributed by atoms with Crippen LogP contribution in [0.15, 0.2) is 18.5 Å². The van der Waals surface area contributed by atoms with Gasteiger partial charge in [-0.05, 0) is 37.3 Å². The molecule has 2 rings (SSSR count). The second kappa shape index (κ2) is 7.60. The van der Waals surface area contributed by atoms with Crippen LogP contribution in [0, 0.1) is 5.92 Å². The van der Waals surface area contributed by atoms with Crippen molar-refractivity contribution in [1.29, 1.82) is 0 Å². The number of pyridine rings is 1. The molecule has 0 radical (unpaired) electrons. The minimum atomic E-state index is -0.138. The van der Waals surface area contributed by atoms with Gasteiger partial charge in [0.2, 0.25) is 0 Å². The summed E-state index contributed by atoms with van der Waals surface area (Å²) in [5.41, 5.74) is 7.45. The zero-order chi connectivity index (χ0) is 14.4. The Morgan fingerprint density at radius 2 is 2.05 bits per heavy atom. The van der Waals surface area contributed by atoms with Crippen molar-refractivity contribution in [3.63, 3.8) is 0 Å². The van der Waals surface area contributed by atoms with Gasteiger partial charge < -0.3 is 15.2 Å². The molecule has 0 amide bonds. The Hall–Kier alpha value is -1.13. The molecule has 2 unspecified atom stereocenters. The first-order valence-corrected chi connectivity index (χ1v) is 7.62. The molecule has 4 nitrogen and oxygen atoms in total. The first-order chi connectivity index (χ1) is 9.76. The highest BCUT2D eigenvalue weighted by atomic mass is 16.5. The fraction of sp³-hybridized carbons (Fsp3) is 0.688. The Balaban J connectivity index is 2.14. The van der Waals surface area contributed by atoms with Gasteiger partial charge in [-0.15, -0.1) is 0 Å². The molecule has 0 saturated heterocycles. The van der Waals surface area contributed by atoms with Gasteiger partial charge in [0.25, 0.3) is 0 Å². The van der Waals surface area contributed by atoms with Crippen LogP contribution in [0.5, 0.6) is 5.75 Å². The first kappa shape index (κ1) is 15.3. The van der Waals surface area contributed by atoms with Gasteiger partial charge in [0.15, 0.2) is 0 Å². The van der Waals surface area contributed by atoms with Crippen LogP contribution in [-0.2, 0) is 4.74 Å². The maximum atomic E-state index is 6.46. The number of aromatic nitrogens is 1. The number of nitrogens with two attached hydrogens (primary N) is 1. The predicted molar refractivity (Wildman–Crippen MR) is 79.7 cm³/mol. The number of rotatable bonds is 6. The van der Waals surface area contributed by atoms with E-state index in [0.717, 1.165) is 11.3 Å². The molecule has 1 heterocycles. The third kappa shape index (κ3) is 3.70. The van der Waals surface area contributed by atoms with Crippen LogP contribution in [-0.4, -0.2) is 24.8 Å². The van der Waals surface area contributed by atoms with E-state index in [1.54, 1.807) is 13.3 Å². The molecular formula is C16H26N2O2.